The minimum atomic E-state index is -3.80. The molecule has 3 heterocycles. The van der Waals surface area contributed by atoms with Crippen molar-refractivity contribution in [3.8, 4) is 5.75 Å². The smallest absolute Gasteiger partial charge is 0.305 e. The zero-order chi connectivity index (χ0) is 23.0. The maximum atomic E-state index is 13.4. The Hall–Kier alpha value is -2.07. The number of fused-ring (bicyclic) bond motifs is 1. The van der Waals surface area contributed by atoms with Crippen molar-refractivity contribution in [2.24, 2.45) is 11.8 Å². The molecule has 1 unspecified atom stereocenters. The molecule has 0 radical (unpaired) electrons. The highest BCUT2D eigenvalue weighted by molar-refractivity contribution is 7.90. The summed E-state index contributed by atoms with van der Waals surface area (Å²) in [5.41, 5.74) is 0.118. The second-order valence-corrected chi connectivity index (χ2v) is 10.8. The van der Waals surface area contributed by atoms with E-state index >= 15 is 0 Å². The average molecular weight is 499 g/mol. The van der Waals surface area contributed by atoms with E-state index in [0.717, 1.165) is 6.42 Å². The van der Waals surface area contributed by atoms with Crippen LogP contribution in [0.5, 0.6) is 5.75 Å². The molecule has 2 aromatic rings. The minimum absolute atomic E-state index is 0.118. The lowest BCUT2D eigenvalue weighted by molar-refractivity contribution is 0.102. The number of benzene rings is 1. The average Bonchev–Trinajstić information content (AvgIpc) is 2.75. The van der Waals surface area contributed by atoms with E-state index in [-0.39, 0.29) is 46.3 Å². The van der Waals surface area contributed by atoms with Gasteiger partial charge in [-0.05, 0) is 42.5 Å². The molecule has 1 saturated heterocycles. The molecule has 0 aliphatic carbocycles. The van der Waals surface area contributed by atoms with Gasteiger partial charge in [-0.3, -0.25) is 4.79 Å². The Morgan fingerprint density at radius 3 is 2.53 bits per heavy atom. The number of ether oxygens (including phenoxy) is 1. The lowest BCUT2D eigenvalue weighted by atomic mass is 9.90. The molecule has 8 nitrogen and oxygen atoms in total. The van der Waals surface area contributed by atoms with Gasteiger partial charge >= 0.3 is 10.2 Å². The van der Waals surface area contributed by atoms with Gasteiger partial charge in [-0.25, -0.2) is 9.29 Å². The summed E-state index contributed by atoms with van der Waals surface area (Å²) in [7, 11) is -3.80. The predicted octanol–water partition coefficient (Wildman–Crippen LogP) is 4.06. The molecule has 1 aromatic heterocycles. The van der Waals surface area contributed by atoms with Gasteiger partial charge in [-0.15, -0.1) is 0 Å². The van der Waals surface area contributed by atoms with Crippen molar-refractivity contribution in [3.05, 3.63) is 45.9 Å². The largest absolute Gasteiger partial charge is 0.488 e. The molecule has 1 aromatic carbocycles. The summed E-state index contributed by atoms with van der Waals surface area (Å²) in [4.78, 5) is 17.1. The predicted molar refractivity (Wildman–Crippen MR) is 125 cm³/mol. The molecular weight excluding hydrogens is 475 g/mol. The number of piperidine rings is 1. The number of amides is 1. The molecule has 11 heteroatoms. The number of halogens is 2. The number of carbonyl (C=O) groups is 1. The summed E-state index contributed by atoms with van der Waals surface area (Å²) < 4.78 is 35.2. The van der Waals surface area contributed by atoms with Gasteiger partial charge in [0.15, 0.2) is 11.6 Å². The molecule has 0 saturated carbocycles. The maximum absolute atomic E-state index is 13.4. The number of nitrogens with one attached hydrogen (secondary N) is 1. The number of aromatic nitrogens is 1. The summed E-state index contributed by atoms with van der Waals surface area (Å²) in [6.07, 6.45) is 0.805. The van der Waals surface area contributed by atoms with E-state index in [1.54, 1.807) is 30.3 Å². The topological polar surface area (TPSA) is 91.8 Å². The second kappa shape index (κ2) is 9.05. The van der Waals surface area contributed by atoms with Gasteiger partial charge in [0.05, 0.1) is 22.2 Å². The molecule has 1 N–H and O–H groups in total. The van der Waals surface area contributed by atoms with E-state index in [2.05, 4.69) is 24.1 Å². The van der Waals surface area contributed by atoms with Crippen molar-refractivity contribution >= 4 is 51.0 Å². The molecule has 0 spiro atoms. The van der Waals surface area contributed by atoms with Gasteiger partial charge in [0, 0.05) is 13.1 Å². The van der Waals surface area contributed by atoms with Crippen molar-refractivity contribution in [1.29, 1.82) is 0 Å². The van der Waals surface area contributed by atoms with Crippen LogP contribution in [-0.4, -0.2) is 49.9 Å². The molecule has 1 fully saturated rings. The van der Waals surface area contributed by atoms with Crippen LogP contribution >= 0.6 is 23.2 Å². The van der Waals surface area contributed by atoms with Crippen molar-refractivity contribution in [2.75, 3.05) is 35.9 Å². The Morgan fingerprint density at radius 2 is 1.84 bits per heavy atom. The van der Waals surface area contributed by atoms with E-state index < -0.39 is 16.1 Å². The zero-order valence-electron chi connectivity index (χ0n) is 17.7. The number of carbonyl (C=O) groups excluding carboxylic acids is 1. The number of hydrogen-bond donors (Lipinski definition) is 1. The van der Waals surface area contributed by atoms with Crippen molar-refractivity contribution in [1.82, 2.24) is 9.29 Å². The Bertz CT molecular complexity index is 1120. The Morgan fingerprint density at radius 1 is 1.12 bits per heavy atom. The molecule has 2 aliphatic rings. The first-order valence-corrected chi connectivity index (χ1v) is 12.5. The molecule has 172 valence electrons. The SMILES string of the molecule is CC1CCN(S(=O)(=O)N2CCOc3ccc(NC(=O)c4c(Cl)cccc4Cl)nc32)C[C@H]1C. The lowest BCUT2D eigenvalue weighted by Crippen LogP contribution is -2.51. The number of rotatable bonds is 4. The van der Waals surface area contributed by atoms with Gasteiger partial charge in [-0.1, -0.05) is 43.1 Å². The van der Waals surface area contributed by atoms with Crippen LogP contribution in [0.1, 0.15) is 30.6 Å². The Balaban J connectivity index is 1.62. The van der Waals surface area contributed by atoms with E-state index in [1.165, 1.54) is 8.61 Å². The number of hydrogen-bond acceptors (Lipinski definition) is 5. The van der Waals surface area contributed by atoms with Gasteiger partial charge < -0.3 is 10.1 Å². The summed E-state index contributed by atoms with van der Waals surface area (Å²) in [6, 6.07) is 7.90. The summed E-state index contributed by atoms with van der Waals surface area (Å²) in [6.45, 7) is 5.47. The maximum Gasteiger partial charge on any atom is 0.305 e. The van der Waals surface area contributed by atoms with Crippen LogP contribution in [0.3, 0.4) is 0 Å². The fourth-order valence-corrected chi connectivity index (χ4v) is 6.09. The lowest BCUT2D eigenvalue weighted by Gasteiger charge is -2.39. The van der Waals surface area contributed by atoms with Gasteiger partial charge in [0.25, 0.3) is 5.91 Å². The molecule has 32 heavy (non-hydrogen) atoms. The third-order valence-electron chi connectivity index (χ3n) is 5.96. The molecule has 1 amide bonds. The second-order valence-electron chi connectivity index (χ2n) is 8.10. The van der Waals surface area contributed by atoms with Gasteiger partial charge in [-0.2, -0.15) is 12.7 Å². The molecular formula is C21H24Cl2N4O4S. The van der Waals surface area contributed by atoms with Crippen molar-refractivity contribution < 1.29 is 17.9 Å². The number of nitrogens with zero attached hydrogens (tertiary/aromatic N) is 3. The van der Waals surface area contributed by atoms with Gasteiger partial charge in [0.2, 0.25) is 0 Å². The number of anilines is 2. The van der Waals surface area contributed by atoms with Gasteiger partial charge in [0.1, 0.15) is 12.4 Å². The van der Waals surface area contributed by atoms with E-state index in [0.29, 0.717) is 24.8 Å². The number of pyridine rings is 1. The fourth-order valence-electron chi connectivity index (χ4n) is 3.83. The first-order valence-electron chi connectivity index (χ1n) is 10.4. The summed E-state index contributed by atoms with van der Waals surface area (Å²) in [5.74, 6) is 0.833. The quantitative estimate of drug-likeness (QED) is 0.685. The highest BCUT2D eigenvalue weighted by Crippen LogP contribution is 2.35. The van der Waals surface area contributed by atoms with E-state index in [9.17, 15) is 13.2 Å². The molecule has 0 bridgehead atoms. The molecule has 2 atom stereocenters. The summed E-state index contributed by atoms with van der Waals surface area (Å²) in [5, 5.41) is 3.05. The van der Waals surface area contributed by atoms with Crippen LogP contribution in [-0.2, 0) is 10.2 Å². The molecule has 2 aliphatic heterocycles. The van der Waals surface area contributed by atoms with Crippen LogP contribution in [0, 0.1) is 11.8 Å². The minimum Gasteiger partial charge on any atom is -0.488 e. The van der Waals surface area contributed by atoms with Crippen LogP contribution in [0.4, 0.5) is 11.6 Å². The summed E-state index contributed by atoms with van der Waals surface area (Å²) >= 11 is 12.2. The Kier molecular flexibility index (Phi) is 6.53. The monoisotopic (exact) mass is 498 g/mol. The first kappa shape index (κ1) is 23.1. The standard InChI is InChI=1S/C21H24Cl2N4O4S/c1-13-8-9-26(12-14(13)2)32(29,30)27-10-11-31-17-6-7-18(24-20(17)27)25-21(28)19-15(22)4-3-5-16(19)23/h3-7,13-14H,8-12H2,1-2H3,(H,24,25,28)/t13?,14-/m1/s1. The zero-order valence-corrected chi connectivity index (χ0v) is 20.0. The highest BCUT2D eigenvalue weighted by atomic mass is 35.5. The van der Waals surface area contributed by atoms with Crippen LogP contribution in [0.25, 0.3) is 0 Å². The third kappa shape index (κ3) is 4.39. The fraction of sp³-hybridized carbons (Fsp3) is 0.429. The van der Waals surface area contributed by atoms with E-state index in [1.807, 2.05) is 0 Å². The van der Waals surface area contributed by atoms with E-state index in [4.69, 9.17) is 27.9 Å². The Labute approximate surface area is 197 Å². The van der Waals surface area contributed by atoms with Crippen LogP contribution in [0.15, 0.2) is 30.3 Å². The van der Waals surface area contributed by atoms with Crippen molar-refractivity contribution in [2.45, 2.75) is 20.3 Å². The third-order valence-corrected chi connectivity index (χ3v) is 8.49. The first-order chi connectivity index (χ1) is 15.2. The van der Waals surface area contributed by atoms with Crippen LogP contribution in [0.2, 0.25) is 10.0 Å². The highest BCUT2D eigenvalue weighted by Gasteiger charge is 2.38. The normalized spacial score (nSPS) is 21.6. The molecule has 4 rings (SSSR count). The van der Waals surface area contributed by atoms with Crippen molar-refractivity contribution in [3.63, 3.8) is 0 Å². The van der Waals surface area contributed by atoms with Crippen LogP contribution < -0.4 is 14.4 Å².